The minimum atomic E-state index is -0.332. The number of β-amino-alcohol motifs (C(OH)–C–C–N with tert-alkyl or cyclic N) is 2. The van der Waals surface area contributed by atoms with Gasteiger partial charge < -0.3 is 20.8 Å². The first-order valence-electron chi connectivity index (χ1n) is 6.64. The van der Waals surface area contributed by atoms with Gasteiger partial charge in [-0.1, -0.05) is 0 Å². The van der Waals surface area contributed by atoms with Crippen LogP contribution in [0, 0.1) is 0 Å². The van der Waals surface area contributed by atoms with Crippen molar-refractivity contribution in [1.82, 2.24) is 10.6 Å². The van der Waals surface area contributed by atoms with Gasteiger partial charge in [0.25, 0.3) is 0 Å². The second-order valence-corrected chi connectivity index (χ2v) is 4.85. The molecule has 0 radical (unpaired) electrons. The lowest BCUT2D eigenvalue weighted by Crippen LogP contribution is -2.39. The van der Waals surface area contributed by atoms with E-state index < -0.39 is 0 Å². The average molecular weight is 254 g/mol. The lowest BCUT2D eigenvalue weighted by molar-refractivity contribution is 0.180. The van der Waals surface area contributed by atoms with Crippen LogP contribution in [0.15, 0.2) is 9.98 Å². The number of aliphatic hydroxyl groups is 2. The third-order valence-electron chi connectivity index (χ3n) is 3.15. The maximum atomic E-state index is 9.28. The summed E-state index contributed by atoms with van der Waals surface area (Å²) in [6, 6.07) is 0. The third kappa shape index (κ3) is 4.27. The summed E-state index contributed by atoms with van der Waals surface area (Å²) in [4.78, 5) is 8.56. The highest BCUT2D eigenvalue weighted by Gasteiger charge is 2.13. The first-order valence-corrected chi connectivity index (χ1v) is 6.64. The number of nitrogens with one attached hydrogen (secondary N) is 2. The zero-order valence-electron chi connectivity index (χ0n) is 10.6. The average Bonchev–Trinajstić information content (AvgIpc) is 2.39. The number of hydrogen-bond acceptors (Lipinski definition) is 6. The number of unbranched alkanes of at least 4 members (excludes halogenated alkanes) is 1. The van der Waals surface area contributed by atoms with Crippen molar-refractivity contribution < 1.29 is 10.2 Å². The van der Waals surface area contributed by atoms with Crippen molar-refractivity contribution >= 4 is 11.7 Å². The summed E-state index contributed by atoms with van der Waals surface area (Å²) >= 11 is 0. The summed E-state index contributed by atoms with van der Waals surface area (Å²) in [7, 11) is 0. The summed E-state index contributed by atoms with van der Waals surface area (Å²) in [5.74, 6) is 2.02. The molecule has 0 fully saturated rings. The smallest absolute Gasteiger partial charge is 0.0965 e. The van der Waals surface area contributed by atoms with Gasteiger partial charge in [-0.15, -0.1) is 0 Å². The van der Waals surface area contributed by atoms with Gasteiger partial charge in [0.15, 0.2) is 0 Å². The quantitative estimate of drug-likeness (QED) is 0.487. The molecule has 0 saturated carbocycles. The normalized spacial score (nSPS) is 27.9. The van der Waals surface area contributed by atoms with E-state index in [1.54, 1.807) is 0 Å². The van der Waals surface area contributed by atoms with E-state index >= 15 is 0 Å². The van der Waals surface area contributed by atoms with Crippen LogP contribution in [0.4, 0.5) is 0 Å². The van der Waals surface area contributed by atoms with E-state index in [2.05, 4.69) is 20.6 Å². The second-order valence-electron chi connectivity index (χ2n) is 4.85. The lowest BCUT2D eigenvalue weighted by Gasteiger charge is -2.20. The van der Waals surface area contributed by atoms with Crippen LogP contribution >= 0.6 is 0 Å². The Labute approximate surface area is 107 Å². The Morgan fingerprint density at radius 2 is 1.33 bits per heavy atom. The van der Waals surface area contributed by atoms with E-state index in [1.807, 2.05) is 0 Å². The van der Waals surface area contributed by atoms with Crippen molar-refractivity contribution in [2.24, 2.45) is 9.98 Å². The maximum Gasteiger partial charge on any atom is 0.0965 e. The van der Waals surface area contributed by atoms with Crippen LogP contribution in [0.5, 0.6) is 0 Å². The molecule has 2 aliphatic rings. The van der Waals surface area contributed by atoms with E-state index in [1.165, 1.54) is 0 Å². The summed E-state index contributed by atoms with van der Waals surface area (Å²) in [5.41, 5.74) is 0. The molecular formula is C12H22N4O2. The molecule has 2 aliphatic heterocycles. The lowest BCUT2D eigenvalue weighted by atomic mass is 10.1. The Morgan fingerprint density at radius 3 is 1.67 bits per heavy atom. The topological polar surface area (TPSA) is 89.2 Å². The van der Waals surface area contributed by atoms with Crippen molar-refractivity contribution in [3.05, 3.63) is 0 Å². The molecule has 102 valence electrons. The summed E-state index contributed by atoms with van der Waals surface area (Å²) < 4.78 is 0. The van der Waals surface area contributed by atoms with Gasteiger partial charge in [0, 0.05) is 25.9 Å². The highest BCUT2D eigenvalue weighted by atomic mass is 16.3. The monoisotopic (exact) mass is 254 g/mol. The van der Waals surface area contributed by atoms with Crippen molar-refractivity contribution in [1.29, 1.82) is 0 Å². The van der Waals surface area contributed by atoms with Gasteiger partial charge in [-0.2, -0.15) is 0 Å². The molecule has 2 atom stereocenters. The van der Waals surface area contributed by atoms with E-state index in [9.17, 15) is 10.2 Å². The van der Waals surface area contributed by atoms with Gasteiger partial charge >= 0.3 is 0 Å². The molecule has 0 amide bonds. The summed E-state index contributed by atoms with van der Waals surface area (Å²) in [6.07, 6.45) is 3.32. The molecular weight excluding hydrogens is 232 g/mol. The summed E-state index contributed by atoms with van der Waals surface area (Å²) in [5, 5.41) is 24.8. The number of rotatable bonds is 5. The Hall–Kier alpha value is -1.14. The van der Waals surface area contributed by atoms with E-state index in [4.69, 9.17) is 0 Å². The second kappa shape index (κ2) is 6.70. The van der Waals surface area contributed by atoms with Gasteiger partial charge in [0.2, 0.25) is 0 Å². The molecule has 0 bridgehead atoms. The van der Waals surface area contributed by atoms with Crippen molar-refractivity contribution in [2.75, 3.05) is 26.2 Å². The molecule has 2 heterocycles. The Morgan fingerprint density at radius 1 is 0.889 bits per heavy atom. The van der Waals surface area contributed by atoms with E-state index in [0.29, 0.717) is 26.2 Å². The largest absolute Gasteiger partial charge is 0.389 e. The molecule has 6 nitrogen and oxygen atoms in total. The van der Waals surface area contributed by atoms with Gasteiger partial charge in [0.1, 0.15) is 0 Å². The first-order chi connectivity index (χ1) is 8.74. The molecule has 0 saturated heterocycles. The molecule has 0 spiro atoms. The molecule has 18 heavy (non-hydrogen) atoms. The SMILES string of the molecule is OC1CN=C(CCCCC2=NCC(O)CN2)NC1. The van der Waals surface area contributed by atoms with E-state index in [0.717, 1.165) is 37.4 Å². The van der Waals surface area contributed by atoms with Gasteiger partial charge in [-0.05, 0) is 12.8 Å². The molecule has 2 unspecified atom stereocenters. The minimum Gasteiger partial charge on any atom is -0.389 e. The van der Waals surface area contributed by atoms with Crippen molar-refractivity contribution in [2.45, 2.75) is 37.9 Å². The molecule has 6 heteroatoms. The Balaban J connectivity index is 1.59. The van der Waals surface area contributed by atoms with Gasteiger partial charge in [-0.25, -0.2) is 0 Å². The highest BCUT2D eigenvalue weighted by molar-refractivity contribution is 5.83. The maximum absolute atomic E-state index is 9.28. The van der Waals surface area contributed by atoms with Gasteiger partial charge in [0.05, 0.1) is 37.0 Å². The number of aliphatic hydroxyl groups excluding tert-OH is 2. The molecule has 0 aliphatic carbocycles. The minimum absolute atomic E-state index is 0.332. The van der Waals surface area contributed by atoms with Crippen molar-refractivity contribution in [3.8, 4) is 0 Å². The highest BCUT2D eigenvalue weighted by Crippen LogP contribution is 2.05. The van der Waals surface area contributed by atoms with Crippen LogP contribution in [0.1, 0.15) is 25.7 Å². The molecule has 2 rings (SSSR count). The van der Waals surface area contributed by atoms with E-state index in [-0.39, 0.29) is 12.2 Å². The Kier molecular flexibility index (Phi) is 4.95. The Bertz CT molecular complexity index is 298. The fourth-order valence-electron chi connectivity index (χ4n) is 2.06. The molecule has 0 aromatic heterocycles. The van der Waals surface area contributed by atoms with Crippen LogP contribution in [-0.2, 0) is 0 Å². The zero-order chi connectivity index (χ0) is 12.8. The molecule has 4 N–H and O–H groups in total. The third-order valence-corrected chi connectivity index (χ3v) is 3.15. The molecule has 0 aromatic rings. The van der Waals surface area contributed by atoms with Crippen molar-refractivity contribution in [3.63, 3.8) is 0 Å². The van der Waals surface area contributed by atoms with Crippen LogP contribution in [-0.4, -0.2) is 60.3 Å². The number of hydrogen-bond donors (Lipinski definition) is 4. The van der Waals surface area contributed by atoms with Crippen LogP contribution in [0.3, 0.4) is 0 Å². The predicted octanol–water partition coefficient (Wildman–Crippen LogP) is -0.728. The predicted molar refractivity (Wildman–Crippen MR) is 71.1 cm³/mol. The number of amidine groups is 2. The standard InChI is InChI=1S/C12H22N4O2/c17-9-5-13-11(14-6-9)3-1-2-4-12-15-7-10(18)8-16-12/h9-10,17-18H,1-8H2,(H,13,14)(H,15,16). The van der Waals surface area contributed by atoms with Crippen LogP contribution < -0.4 is 10.6 Å². The van der Waals surface area contributed by atoms with Crippen LogP contribution in [0.25, 0.3) is 0 Å². The molecule has 0 aromatic carbocycles. The first kappa shape index (κ1) is 13.3. The fraction of sp³-hybridized carbons (Fsp3) is 0.833. The zero-order valence-corrected chi connectivity index (χ0v) is 10.6. The van der Waals surface area contributed by atoms with Gasteiger partial charge in [-0.3, -0.25) is 9.98 Å². The number of aliphatic imine (C=N–C) groups is 2. The fourth-order valence-corrected chi connectivity index (χ4v) is 2.06. The summed E-state index contributed by atoms with van der Waals surface area (Å²) in [6.45, 7) is 2.28. The number of nitrogens with zero attached hydrogens (tertiary/aromatic N) is 2. The van der Waals surface area contributed by atoms with Crippen LogP contribution in [0.2, 0.25) is 0 Å².